The number of aryl methyl sites for hydroxylation is 1. The molecule has 4 heteroatoms. The van der Waals surface area contributed by atoms with Gasteiger partial charge in [-0.15, -0.1) is 0 Å². The number of nitrogens with one attached hydrogen (secondary N) is 1. The second-order valence-corrected chi connectivity index (χ2v) is 5.67. The summed E-state index contributed by atoms with van der Waals surface area (Å²) in [7, 11) is 0. The van der Waals surface area contributed by atoms with Gasteiger partial charge in [-0.3, -0.25) is 4.79 Å². The predicted octanol–water partition coefficient (Wildman–Crippen LogP) is 3.52. The molecule has 0 aromatic heterocycles. The topological polar surface area (TPSA) is 50.7 Å². The Hall–Kier alpha value is -2.62. The van der Waals surface area contributed by atoms with Crippen LogP contribution in [0.1, 0.15) is 24.5 Å². The van der Waals surface area contributed by atoms with E-state index in [4.69, 9.17) is 4.84 Å². The lowest BCUT2D eigenvalue weighted by Gasteiger charge is -2.21. The van der Waals surface area contributed by atoms with Gasteiger partial charge in [-0.25, -0.2) is 0 Å². The first-order valence-corrected chi connectivity index (χ1v) is 7.26. The lowest BCUT2D eigenvalue weighted by molar-refractivity contribution is -0.135. The molecule has 3 rings (SSSR count). The second-order valence-electron chi connectivity index (χ2n) is 5.67. The number of amides is 1. The van der Waals surface area contributed by atoms with Crippen LogP contribution in [0.2, 0.25) is 0 Å². The predicted molar refractivity (Wildman–Crippen MR) is 86.9 cm³/mol. The molecule has 1 unspecified atom stereocenters. The van der Waals surface area contributed by atoms with Gasteiger partial charge in [0, 0.05) is 12.1 Å². The Labute approximate surface area is 129 Å². The van der Waals surface area contributed by atoms with E-state index in [1.165, 1.54) is 0 Å². The molecule has 1 heterocycles. The van der Waals surface area contributed by atoms with Crippen LogP contribution in [0, 0.1) is 6.92 Å². The molecule has 1 atom stereocenters. The fraction of sp³-hybridized carbons (Fsp3) is 0.222. The third-order valence-corrected chi connectivity index (χ3v) is 3.84. The molecule has 0 spiro atoms. The first-order valence-electron chi connectivity index (χ1n) is 7.26. The van der Waals surface area contributed by atoms with Gasteiger partial charge in [-0.2, -0.15) is 0 Å². The smallest absolute Gasteiger partial charge is 0.271 e. The normalized spacial score (nSPS) is 20.2. The van der Waals surface area contributed by atoms with Crippen LogP contribution in [0.15, 0.2) is 59.8 Å². The van der Waals surface area contributed by atoms with Crippen LogP contribution in [-0.2, 0) is 9.63 Å². The summed E-state index contributed by atoms with van der Waals surface area (Å²) in [5.41, 5.74) is 2.61. The van der Waals surface area contributed by atoms with Gasteiger partial charge in [0.2, 0.25) is 5.60 Å². The summed E-state index contributed by atoms with van der Waals surface area (Å²) < 4.78 is 0. The third kappa shape index (κ3) is 2.72. The van der Waals surface area contributed by atoms with Crippen molar-refractivity contribution < 1.29 is 9.63 Å². The SMILES string of the molecule is Cc1ccccc1NC(=O)C1(C)CC(c2ccccc2)=NO1. The maximum absolute atomic E-state index is 12.6. The molecule has 1 aliphatic rings. The molecule has 0 saturated carbocycles. The standard InChI is InChI=1S/C18H18N2O2/c1-13-8-6-7-11-15(13)19-17(21)18(2)12-16(20-22-18)14-9-4-3-5-10-14/h3-11H,12H2,1-2H3,(H,19,21). The van der Waals surface area contributed by atoms with E-state index in [1.807, 2.05) is 61.5 Å². The number of hydrogen-bond acceptors (Lipinski definition) is 3. The average molecular weight is 294 g/mol. The first kappa shape index (κ1) is 14.3. The quantitative estimate of drug-likeness (QED) is 0.941. The zero-order valence-corrected chi connectivity index (χ0v) is 12.7. The van der Waals surface area contributed by atoms with Crippen LogP contribution in [0.4, 0.5) is 5.69 Å². The molecule has 1 N–H and O–H groups in total. The lowest BCUT2D eigenvalue weighted by Crippen LogP contribution is -2.40. The summed E-state index contributed by atoms with van der Waals surface area (Å²) >= 11 is 0. The third-order valence-electron chi connectivity index (χ3n) is 3.84. The highest BCUT2D eigenvalue weighted by atomic mass is 16.7. The average Bonchev–Trinajstić information content (AvgIpc) is 2.94. The number of rotatable bonds is 3. The number of nitrogens with zero attached hydrogens (tertiary/aromatic N) is 1. The number of carbonyl (C=O) groups is 1. The minimum absolute atomic E-state index is 0.184. The van der Waals surface area contributed by atoms with E-state index in [2.05, 4.69) is 10.5 Å². The summed E-state index contributed by atoms with van der Waals surface area (Å²) in [6.07, 6.45) is 0.453. The van der Waals surface area contributed by atoms with Crippen molar-refractivity contribution in [3.05, 3.63) is 65.7 Å². The Bertz CT molecular complexity index is 725. The summed E-state index contributed by atoms with van der Waals surface area (Å²) in [4.78, 5) is 18.0. The minimum Gasteiger partial charge on any atom is -0.379 e. The van der Waals surface area contributed by atoms with E-state index in [0.29, 0.717) is 6.42 Å². The molecule has 22 heavy (non-hydrogen) atoms. The maximum atomic E-state index is 12.6. The first-order chi connectivity index (χ1) is 10.6. The van der Waals surface area contributed by atoms with Crippen molar-refractivity contribution in [2.24, 2.45) is 5.16 Å². The molecule has 112 valence electrons. The van der Waals surface area contributed by atoms with Gasteiger partial charge in [-0.05, 0) is 31.0 Å². The number of anilines is 1. The fourth-order valence-corrected chi connectivity index (χ4v) is 2.41. The number of para-hydroxylation sites is 1. The Morgan fingerprint density at radius 2 is 1.82 bits per heavy atom. The molecule has 1 amide bonds. The van der Waals surface area contributed by atoms with Gasteiger partial charge in [0.05, 0.1) is 5.71 Å². The van der Waals surface area contributed by atoms with Crippen LogP contribution >= 0.6 is 0 Å². The summed E-state index contributed by atoms with van der Waals surface area (Å²) in [6, 6.07) is 17.4. The van der Waals surface area contributed by atoms with E-state index >= 15 is 0 Å². The van der Waals surface area contributed by atoms with Crippen molar-refractivity contribution in [3.8, 4) is 0 Å². The Kier molecular flexibility index (Phi) is 3.67. The van der Waals surface area contributed by atoms with Crippen LogP contribution < -0.4 is 5.32 Å². The second kappa shape index (κ2) is 5.64. The highest BCUT2D eigenvalue weighted by Crippen LogP contribution is 2.28. The summed E-state index contributed by atoms with van der Waals surface area (Å²) in [5, 5.41) is 7.03. The maximum Gasteiger partial charge on any atom is 0.271 e. The van der Waals surface area contributed by atoms with E-state index in [-0.39, 0.29) is 5.91 Å². The van der Waals surface area contributed by atoms with E-state index in [1.54, 1.807) is 6.92 Å². The molecule has 0 saturated heterocycles. The van der Waals surface area contributed by atoms with Crippen molar-refractivity contribution in [1.29, 1.82) is 0 Å². The van der Waals surface area contributed by atoms with Gasteiger partial charge in [0.25, 0.3) is 5.91 Å². The number of carbonyl (C=O) groups excluding carboxylic acids is 1. The van der Waals surface area contributed by atoms with E-state index in [0.717, 1.165) is 22.5 Å². The van der Waals surface area contributed by atoms with Crippen LogP contribution in [0.25, 0.3) is 0 Å². The highest BCUT2D eigenvalue weighted by molar-refractivity contribution is 6.08. The zero-order valence-electron chi connectivity index (χ0n) is 12.7. The van der Waals surface area contributed by atoms with Crippen molar-refractivity contribution in [2.45, 2.75) is 25.9 Å². The lowest BCUT2D eigenvalue weighted by atomic mass is 9.95. The molecule has 2 aromatic carbocycles. The molecule has 2 aromatic rings. The van der Waals surface area contributed by atoms with Crippen LogP contribution in [0.3, 0.4) is 0 Å². The largest absolute Gasteiger partial charge is 0.379 e. The van der Waals surface area contributed by atoms with E-state index < -0.39 is 5.60 Å². The fourth-order valence-electron chi connectivity index (χ4n) is 2.41. The van der Waals surface area contributed by atoms with Crippen molar-refractivity contribution >= 4 is 17.3 Å². The molecule has 0 radical (unpaired) electrons. The summed E-state index contributed by atoms with van der Waals surface area (Å²) in [6.45, 7) is 3.72. The molecule has 4 nitrogen and oxygen atoms in total. The van der Waals surface area contributed by atoms with Crippen LogP contribution in [0.5, 0.6) is 0 Å². The molecule has 0 aliphatic carbocycles. The van der Waals surface area contributed by atoms with Crippen molar-refractivity contribution in [3.63, 3.8) is 0 Å². The monoisotopic (exact) mass is 294 g/mol. The number of oxime groups is 1. The molecule has 0 bridgehead atoms. The van der Waals surface area contributed by atoms with Crippen molar-refractivity contribution in [1.82, 2.24) is 0 Å². The molecular weight excluding hydrogens is 276 g/mol. The highest BCUT2D eigenvalue weighted by Gasteiger charge is 2.42. The van der Waals surface area contributed by atoms with Gasteiger partial charge in [-0.1, -0.05) is 53.7 Å². The van der Waals surface area contributed by atoms with Gasteiger partial charge < -0.3 is 10.2 Å². The van der Waals surface area contributed by atoms with E-state index in [9.17, 15) is 4.79 Å². The van der Waals surface area contributed by atoms with Gasteiger partial charge in [0.15, 0.2) is 0 Å². The molecule has 0 fully saturated rings. The summed E-state index contributed by atoms with van der Waals surface area (Å²) in [5.74, 6) is -0.184. The Balaban J connectivity index is 1.73. The van der Waals surface area contributed by atoms with Gasteiger partial charge >= 0.3 is 0 Å². The molecular formula is C18H18N2O2. The molecule has 1 aliphatic heterocycles. The minimum atomic E-state index is -0.979. The Morgan fingerprint density at radius 1 is 1.14 bits per heavy atom. The van der Waals surface area contributed by atoms with Gasteiger partial charge in [0.1, 0.15) is 0 Å². The zero-order chi connectivity index (χ0) is 15.6. The number of benzene rings is 2. The van der Waals surface area contributed by atoms with Crippen molar-refractivity contribution in [2.75, 3.05) is 5.32 Å². The Morgan fingerprint density at radius 3 is 2.55 bits per heavy atom. The number of hydrogen-bond donors (Lipinski definition) is 1. The van der Waals surface area contributed by atoms with Crippen LogP contribution in [-0.4, -0.2) is 17.2 Å².